The van der Waals surface area contributed by atoms with Gasteiger partial charge in [-0.2, -0.15) is 0 Å². The van der Waals surface area contributed by atoms with Gasteiger partial charge >= 0.3 is 5.97 Å². The number of hydrogen-bond acceptors (Lipinski definition) is 8. The van der Waals surface area contributed by atoms with Crippen LogP contribution >= 0.6 is 11.8 Å². The molecule has 35 heavy (non-hydrogen) atoms. The summed E-state index contributed by atoms with van der Waals surface area (Å²) in [5.41, 5.74) is 1.49. The topological polar surface area (TPSA) is 94.4 Å². The number of ketones is 1. The number of halogens is 1. The molecule has 1 aliphatic carbocycles. The van der Waals surface area contributed by atoms with Crippen LogP contribution in [0.15, 0.2) is 42.1 Å². The molecule has 1 aromatic carbocycles. The average molecular weight is 501 g/mol. The van der Waals surface area contributed by atoms with Gasteiger partial charge in [-0.25, -0.2) is 13.9 Å². The van der Waals surface area contributed by atoms with Crippen LogP contribution in [0.2, 0.25) is 0 Å². The number of aromatic nitrogens is 3. The Labute approximate surface area is 207 Å². The lowest BCUT2D eigenvalue weighted by atomic mass is 9.93. The van der Waals surface area contributed by atoms with E-state index in [1.54, 1.807) is 25.1 Å². The van der Waals surface area contributed by atoms with Crippen LogP contribution in [0.4, 0.5) is 4.39 Å². The molecule has 2 fully saturated rings. The Balaban J connectivity index is 1.57. The maximum absolute atomic E-state index is 14.8. The van der Waals surface area contributed by atoms with Crippen LogP contribution in [0.25, 0.3) is 0 Å². The number of likely N-dealkylation sites (tertiary alicyclic amines) is 1. The van der Waals surface area contributed by atoms with Gasteiger partial charge in [-0.05, 0) is 37.8 Å². The normalized spacial score (nSPS) is 20.5. The number of Topliss-reactive ketones (excluding diaryl/α,β-unsaturated/α-hetero) is 1. The molecule has 10 heteroatoms. The summed E-state index contributed by atoms with van der Waals surface area (Å²) < 4.78 is 21.3. The lowest BCUT2D eigenvalue weighted by Gasteiger charge is -2.38. The predicted molar refractivity (Wildman–Crippen MR) is 129 cm³/mol. The van der Waals surface area contributed by atoms with Crippen molar-refractivity contribution in [3.05, 3.63) is 59.2 Å². The molecule has 2 atom stereocenters. The molecular formula is C25H29FN4O4S. The highest BCUT2D eigenvalue weighted by molar-refractivity contribution is 8.14. The van der Waals surface area contributed by atoms with Gasteiger partial charge in [-0.15, -0.1) is 5.10 Å². The molecule has 0 N–H and O–H groups in total. The van der Waals surface area contributed by atoms with Gasteiger partial charge in [0.15, 0.2) is 16.6 Å². The van der Waals surface area contributed by atoms with E-state index < -0.39 is 12.0 Å². The van der Waals surface area contributed by atoms with E-state index in [1.165, 1.54) is 35.6 Å². The van der Waals surface area contributed by atoms with Gasteiger partial charge in [0, 0.05) is 36.7 Å². The summed E-state index contributed by atoms with van der Waals surface area (Å²) in [4.78, 5) is 39.1. The summed E-state index contributed by atoms with van der Waals surface area (Å²) in [6.45, 7) is 4.86. The number of ether oxygens (including phenoxy) is 1. The second-order valence-corrected chi connectivity index (χ2v) is 10.2. The molecule has 1 saturated heterocycles. The number of benzene rings is 1. The number of thioether (sulfide) groups is 1. The molecule has 2 aliphatic rings. The number of esters is 1. The number of allylic oxidation sites excluding steroid dienone is 1. The maximum Gasteiger partial charge on any atom is 0.360 e. The number of piperidine rings is 1. The summed E-state index contributed by atoms with van der Waals surface area (Å²) in [7, 11) is 0. The minimum atomic E-state index is -0.655. The second kappa shape index (κ2) is 11.3. The molecular weight excluding hydrogens is 471 g/mol. The van der Waals surface area contributed by atoms with Crippen molar-refractivity contribution in [1.29, 1.82) is 0 Å². The van der Waals surface area contributed by atoms with Crippen molar-refractivity contribution in [3.8, 4) is 0 Å². The Morgan fingerprint density at radius 2 is 2.03 bits per heavy atom. The standard InChI is InChI=1S/C25H29FN4O4S/c1-3-34-25(33)21-15-30(28-27-21)13-10-18-14-29(12-11-22(18)35-16(2)31)23(24(32)17-8-9-17)19-6-4-5-7-20(19)26/h4-7,10,15,17,22-23H,3,8-9,11-14H2,1-2H3/b18-10+. The van der Waals surface area contributed by atoms with Gasteiger partial charge in [0.05, 0.1) is 25.4 Å². The van der Waals surface area contributed by atoms with Gasteiger partial charge < -0.3 is 4.74 Å². The fourth-order valence-corrected chi connectivity index (χ4v) is 5.30. The van der Waals surface area contributed by atoms with E-state index in [0.29, 0.717) is 31.6 Å². The maximum atomic E-state index is 14.8. The smallest absolute Gasteiger partial charge is 0.360 e. The minimum absolute atomic E-state index is 0.0133. The van der Waals surface area contributed by atoms with E-state index in [-0.39, 0.29) is 40.2 Å². The number of carbonyl (C=O) groups is 3. The highest BCUT2D eigenvalue weighted by Gasteiger charge is 2.41. The van der Waals surface area contributed by atoms with E-state index in [1.807, 2.05) is 11.0 Å². The van der Waals surface area contributed by atoms with Crippen molar-refractivity contribution in [1.82, 2.24) is 19.9 Å². The third-order valence-electron chi connectivity index (χ3n) is 6.16. The molecule has 4 rings (SSSR count). The minimum Gasteiger partial charge on any atom is -0.461 e. The zero-order chi connectivity index (χ0) is 24.9. The van der Waals surface area contributed by atoms with E-state index in [0.717, 1.165) is 18.4 Å². The average Bonchev–Trinajstić information content (AvgIpc) is 3.57. The molecule has 1 saturated carbocycles. The van der Waals surface area contributed by atoms with Crippen LogP contribution in [0, 0.1) is 11.7 Å². The first-order valence-electron chi connectivity index (χ1n) is 11.8. The summed E-state index contributed by atoms with van der Waals surface area (Å²) in [6.07, 6.45) is 5.82. The van der Waals surface area contributed by atoms with Gasteiger partial charge in [-0.1, -0.05) is 41.3 Å². The Kier molecular flexibility index (Phi) is 8.12. The highest BCUT2D eigenvalue weighted by Crippen LogP contribution is 2.40. The van der Waals surface area contributed by atoms with Crippen molar-refractivity contribution in [2.45, 2.75) is 50.9 Å². The summed E-state index contributed by atoms with van der Waals surface area (Å²) >= 11 is 1.26. The summed E-state index contributed by atoms with van der Waals surface area (Å²) in [5, 5.41) is 7.82. The van der Waals surface area contributed by atoms with Crippen molar-refractivity contribution in [2.24, 2.45) is 5.92 Å². The third kappa shape index (κ3) is 6.24. The van der Waals surface area contributed by atoms with Crippen molar-refractivity contribution in [2.75, 3.05) is 19.7 Å². The molecule has 2 aromatic rings. The van der Waals surface area contributed by atoms with Crippen LogP contribution < -0.4 is 0 Å². The van der Waals surface area contributed by atoms with Gasteiger partial charge in [-0.3, -0.25) is 14.5 Å². The molecule has 186 valence electrons. The molecule has 8 nitrogen and oxygen atoms in total. The van der Waals surface area contributed by atoms with Crippen LogP contribution in [0.3, 0.4) is 0 Å². The Hall–Kier alpha value is -2.85. The number of nitrogens with zero attached hydrogens (tertiary/aromatic N) is 4. The van der Waals surface area contributed by atoms with Crippen molar-refractivity contribution in [3.63, 3.8) is 0 Å². The van der Waals surface area contributed by atoms with Crippen molar-refractivity contribution < 1.29 is 23.5 Å². The van der Waals surface area contributed by atoms with E-state index in [2.05, 4.69) is 10.3 Å². The molecule has 2 unspecified atom stereocenters. The molecule has 1 aromatic heterocycles. The number of rotatable bonds is 9. The lowest BCUT2D eigenvalue weighted by molar-refractivity contribution is -0.126. The van der Waals surface area contributed by atoms with Gasteiger partial charge in [0.1, 0.15) is 5.82 Å². The lowest BCUT2D eigenvalue weighted by Crippen LogP contribution is -2.43. The van der Waals surface area contributed by atoms with Crippen LogP contribution in [-0.2, 0) is 20.9 Å². The monoisotopic (exact) mass is 500 g/mol. The zero-order valence-corrected chi connectivity index (χ0v) is 20.7. The van der Waals surface area contributed by atoms with Crippen LogP contribution in [0.1, 0.15) is 55.2 Å². The first-order valence-corrected chi connectivity index (χ1v) is 12.7. The van der Waals surface area contributed by atoms with Crippen LogP contribution in [-0.4, -0.2) is 61.7 Å². The fraction of sp³-hybridized carbons (Fsp3) is 0.480. The quantitative estimate of drug-likeness (QED) is 0.381. The Morgan fingerprint density at radius 3 is 2.71 bits per heavy atom. The molecule has 1 aliphatic heterocycles. The highest BCUT2D eigenvalue weighted by atomic mass is 32.2. The number of carbonyl (C=O) groups excluding carboxylic acids is 3. The first kappa shape index (κ1) is 25.2. The molecule has 0 amide bonds. The zero-order valence-electron chi connectivity index (χ0n) is 19.9. The summed E-state index contributed by atoms with van der Waals surface area (Å²) in [6, 6.07) is 5.81. The molecule has 0 bridgehead atoms. The van der Waals surface area contributed by atoms with E-state index >= 15 is 0 Å². The molecule has 0 spiro atoms. The third-order valence-corrected chi connectivity index (χ3v) is 7.32. The van der Waals surface area contributed by atoms with Crippen LogP contribution in [0.5, 0.6) is 0 Å². The van der Waals surface area contributed by atoms with Gasteiger partial charge in [0.2, 0.25) is 0 Å². The molecule has 0 radical (unpaired) electrons. The number of hydrogen-bond donors (Lipinski definition) is 0. The predicted octanol–water partition coefficient (Wildman–Crippen LogP) is 3.59. The Bertz CT molecular complexity index is 1130. The fourth-order valence-electron chi connectivity index (χ4n) is 4.35. The SMILES string of the molecule is CCOC(=O)c1cn(C/C=C2\CN(C(C(=O)C3CC3)c3ccccc3F)CCC2SC(C)=O)nn1. The Morgan fingerprint density at radius 1 is 1.26 bits per heavy atom. The second-order valence-electron chi connectivity index (χ2n) is 8.78. The molecule has 2 heterocycles. The van der Waals surface area contributed by atoms with Crippen molar-refractivity contribution >= 4 is 28.6 Å². The van der Waals surface area contributed by atoms with Gasteiger partial charge in [0.25, 0.3) is 0 Å². The first-order chi connectivity index (χ1) is 16.9. The summed E-state index contributed by atoms with van der Waals surface area (Å²) in [5.74, 6) is -0.881. The van der Waals surface area contributed by atoms with E-state index in [4.69, 9.17) is 4.74 Å². The van der Waals surface area contributed by atoms with E-state index in [9.17, 15) is 18.8 Å². The largest absolute Gasteiger partial charge is 0.461 e.